The van der Waals surface area contributed by atoms with Crippen LogP contribution < -0.4 is 0 Å². The van der Waals surface area contributed by atoms with Crippen LogP contribution in [-0.2, 0) is 9.53 Å². The van der Waals surface area contributed by atoms with E-state index in [9.17, 15) is 4.79 Å². The molecule has 1 unspecified atom stereocenters. The molecular weight excluding hydrogens is 332 g/mol. The largest absolute Gasteiger partial charge is 0.465 e. The number of carbonyl (C=O) groups is 1. The first-order valence-corrected chi connectivity index (χ1v) is 11.5. The van der Waals surface area contributed by atoms with Gasteiger partial charge in [-0.2, -0.15) is 0 Å². The smallest absolute Gasteiger partial charge is 0.308 e. The topological polar surface area (TPSA) is 26.3 Å². The molecule has 0 aliphatic heterocycles. The highest BCUT2D eigenvalue weighted by molar-refractivity contribution is 6.17. The van der Waals surface area contributed by atoms with Gasteiger partial charge in [-0.25, -0.2) is 0 Å². The molecule has 0 amide bonds. The Bertz CT molecular complexity index is 281. The average molecular weight is 375 g/mol. The Kier molecular flexibility index (Phi) is 19.9. The predicted molar refractivity (Wildman–Crippen MR) is 110 cm³/mol. The Balaban J connectivity index is 3.97. The van der Waals surface area contributed by atoms with Gasteiger partial charge in [-0.3, -0.25) is 4.79 Å². The van der Waals surface area contributed by atoms with E-state index >= 15 is 0 Å². The quantitative estimate of drug-likeness (QED) is 0.132. The number of rotatable bonds is 19. The van der Waals surface area contributed by atoms with Crippen molar-refractivity contribution in [1.29, 1.82) is 0 Å². The van der Waals surface area contributed by atoms with Crippen LogP contribution in [0.25, 0.3) is 0 Å². The first kappa shape index (κ1) is 24.8. The van der Waals surface area contributed by atoms with Crippen molar-refractivity contribution in [2.24, 2.45) is 5.92 Å². The highest BCUT2D eigenvalue weighted by Crippen LogP contribution is 2.20. The molecule has 0 fully saturated rings. The van der Waals surface area contributed by atoms with Crippen molar-refractivity contribution in [2.45, 2.75) is 117 Å². The molecule has 0 N–H and O–H groups in total. The standard InChI is InChI=1S/C22H43ClO2/c1-3-5-7-9-10-14-18-21(17-13-8-6-4-2)22(24)25-20-16-12-11-15-19-23/h21H,3-20H2,1-2H3. The summed E-state index contributed by atoms with van der Waals surface area (Å²) in [6.45, 7) is 5.06. The molecule has 0 aliphatic rings. The second kappa shape index (κ2) is 20.1. The zero-order valence-corrected chi connectivity index (χ0v) is 17.8. The van der Waals surface area contributed by atoms with Crippen molar-refractivity contribution in [1.82, 2.24) is 0 Å². The van der Waals surface area contributed by atoms with Gasteiger partial charge in [0.1, 0.15) is 0 Å². The predicted octanol–water partition coefficient (Wildman–Crippen LogP) is 7.67. The number of carbonyl (C=O) groups excluding carboxylic acids is 1. The molecule has 0 radical (unpaired) electrons. The van der Waals surface area contributed by atoms with Crippen LogP contribution in [0.15, 0.2) is 0 Å². The summed E-state index contributed by atoms with van der Waals surface area (Å²) >= 11 is 5.68. The van der Waals surface area contributed by atoms with Gasteiger partial charge in [-0.1, -0.05) is 90.9 Å². The number of ether oxygens (including phenoxy) is 1. The third-order valence-corrected chi connectivity index (χ3v) is 5.19. The molecular formula is C22H43ClO2. The Morgan fingerprint density at radius 1 is 0.720 bits per heavy atom. The summed E-state index contributed by atoms with van der Waals surface area (Å²) in [5, 5.41) is 0. The van der Waals surface area contributed by atoms with Crippen LogP contribution in [0.1, 0.15) is 117 Å². The van der Waals surface area contributed by atoms with Crippen molar-refractivity contribution in [3.63, 3.8) is 0 Å². The molecule has 0 saturated heterocycles. The molecule has 0 saturated carbocycles. The fraction of sp³-hybridized carbons (Fsp3) is 0.955. The lowest BCUT2D eigenvalue weighted by Gasteiger charge is -2.16. The summed E-state index contributed by atoms with van der Waals surface area (Å²) in [7, 11) is 0. The van der Waals surface area contributed by atoms with Gasteiger partial charge in [0.05, 0.1) is 12.5 Å². The number of unbranched alkanes of at least 4 members (excludes halogenated alkanes) is 11. The first-order chi connectivity index (χ1) is 12.3. The minimum absolute atomic E-state index is 0.0578. The van der Waals surface area contributed by atoms with Crippen molar-refractivity contribution in [3.8, 4) is 0 Å². The van der Waals surface area contributed by atoms with E-state index in [0.717, 1.165) is 44.4 Å². The van der Waals surface area contributed by atoms with Crippen LogP contribution in [0.2, 0.25) is 0 Å². The molecule has 0 heterocycles. The van der Waals surface area contributed by atoms with Crippen molar-refractivity contribution in [3.05, 3.63) is 0 Å². The van der Waals surface area contributed by atoms with Gasteiger partial charge < -0.3 is 4.74 Å². The van der Waals surface area contributed by atoms with E-state index in [2.05, 4.69) is 13.8 Å². The van der Waals surface area contributed by atoms with Gasteiger partial charge in [-0.15, -0.1) is 11.6 Å². The summed E-state index contributed by atoms with van der Waals surface area (Å²) in [6, 6.07) is 0. The molecule has 0 rings (SSSR count). The van der Waals surface area contributed by atoms with E-state index in [0.29, 0.717) is 6.61 Å². The monoisotopic (exact) mass is 374 g/mol. The van der Waals surface area contributed by atoms with Gasteiger partial charge in [0, 0.05) is 5.88 Å². The third-order valence-electron chi connectivity index (χ3n) is 4.92. The van der Waals surface area contributed by atoms with Gasteiger partial charge in [0.15, 0.2) is 0 Å². The summed E-state index contributed by atoms with van der Waals surface area (Å²) < 4.78 is 5.57. The SMILES string of the molecule is CCCCCCCCC(CCCCCC)C(=O)OCCCCCCCl. The minimum Gasteiger partial charge on any atom is -0.465 e. The van der Waals surface area contributed by atoms with Gasteiger partial charge >= 0.3 is 5.97 Å². The van der Waals surface area contributed by atoms with Crippen LogP contribution in [0.5, 0.6) is 0 Å². The average Bonchev–Trinajstić information content (AvgIpc) is 2.62. The molecule has 2 nitrogen and oxygen atoms in total. The number of alkyl halides is 1. The second-order valence-electron chi connectivity index (χ2n) is 7.37. The van der Waals surface area contributed by atoms with Gasteiger partial charge in [-0.05, 0) is 25.7 Å². The maximum Gasteiger partial charge on any atom is 0.308 e. The lowest BCUT2D eigenvalue weighted by Crippen LogP contribution is -2.18. The zero-order chi connectivity index (χ0) is 18.6. The highest BCUT2D eigenvalue weighted by atomic mass is 35.5. The van der Waals surface area contributed by atoms with E-state index < -0.39 is 0 Å². The third kappa shape index (κ3) is 17.0. The van der Waals surface area contributed by atoms with Crippen molar-refractivity contribution >= 4 is 17.6 Å². The molecule has 25 heavy (non-hydrogen) atoms. The van der Waals surface area contributed by atoms with Gasteiger partial charge in [0.2, 0.25) is 0 Å². The van der Waals surface area contributed by atoms with Crippen LogP contribution in [0.3, 0.4) is 0 Å². The number of hydrogen-bond acceptors (Lipinski definition) is 2. The molecule has 150 valence electrons. The van der Waals surface area contributed by atoms with Crippen LogP contribution in [0, 0.1) is 5.92 Å². The summed E-state index contributed by atoms with van der Waals surface area (Å²) in [6.07, 6.45) is 19.0. The molecule has 0 aromatic carbocycles. The lowest BCUT2D eigenvalue weighted by atomic mass is 9.94. The first-order valence-electron chi connectivity index (χ1n) is 11.0. The van der Waals surface area contributed by atoms with Crippen molar-refractivity contribution < 1.29 is 9.53 Å². The molecule has 1 atom stereocenters. The van der Waals surface area contributed by atoms with Crippen LogP contribution in [-0.4, -0.2) is 18.5 Å². The fourth-order valence-corrected chi connectivity index (χ4v) is 3.40. The Morgan fingerprint density at radius 2 is 1.20 bits per heavy atom. The number of hydrogen-bond donors (Lipinski definition) is 0. The van der Waals surface area contributed by atoms with Crippen LogP contribution >= 0.6 is 11.6 Å². The van der Waals surface area contributed by atoms with E-state index in [1.54, 1.807) is 0 Å². The maximum atomic E-state index is 12.4. The normalized spacial score (nSPS) is 12.3. The minimum atomic E-state index is 0.0578. The molecule has 3 heteroatoms. The highest BCUT2D eigenvalue weighted by Gasteiger charge is 2.19. The Labute approximate surface area is 162 Å². The zero-order valence-electron chi connectivity index (χ0n) is 17.0. The molecule has 0 spiro atoms. The Hall–Kier alpha value is -0.240. The number of halogens is 1. The maximum absolute atomic E-state index is 12.4. The second-order valence-corrected chi connectivity index (χ2v) is 7.75. The lowest BCUT2D eigenvalue weighted by molar-refractivity contribution is -0.149. The number of esters is 1. The summed E-state index contributed by atoms with van der Waals surface area (Å²) in [5.74, 6) is 0.922. The van der Waals surface area contributed by atoms with E-state index in [-0.39, 0.29) is 11.9 Å². The van der Waals surface area contributed by atoms with E-state index in [4.69, 9.17) is 16.3 Å². The molecule has 0 aromatic heterocycles. The van der Waals surface area contributed by atoms with Crippen molar-refractivity contribution in [2.75, 3.05) is 12.5 Å². The summed E-state index contributed by atoms with van der Waals surface area (Å²) in [5.41, 5.74) is 0. The summed E-state index contributed by atoms with van der Waals surface area (Å²) in [4.78, 5) is 12.4. The van der Waals surface area contributed by atoms with E-state index in [1.165, 1.54) is 64.2 Å². The van der Waals surface area contributed by atoms with Gasteiger partial charge in [0.25, 0.3) is 0 Å². The Morgan fingerprint density at radius 3 is 1.80 bits per heavy atom. The van der Waals surface area contributed by atoms with E-state index in [1.807, 2.05) is 0 Å². The fourth-order valence-electron chi connectivity index (χ4n) is 3.21. The molecule has 0 bridgehead atoms. The molecule has 0 aliphatic carbocycles. The molecule has 0 aromatic rings. The van der Waals surface area contributed by atoms with Crippen LogP contribution in [0.4, 0.5) is 0 Å².